The molecular weight excluding hydrogens is 267 g/mol. The van der Waals surface area contributed by atoms with Gasteiger partial charge in [0.05, 0.1) is 5.02 Å². The van der Waals surface area contributed by atoms with Crippen LogP contribution in [0.3, 0.4) is 0 Å². The summed E-state index contributed by atoms with van der Waals surface area (Å²) in [7, 11) is 0. The summed E-state index contributed by atoms with van der Waals surface area (Å²) >= 11 is 5.71. The van der Waals surface area contributed by atoms with Crippen LogP contribution in [0.5, 0.6) is 0 Å². The molecule has 0 radical (unpaired) electrons. The van der Waals surface area contributed by atoms with Crippen molar-refractivity contribution in [2.24, 2.45) is 0 Å². The predicted molar refractivity (Wildman–Crippen MR) is 71.7 cm³/mol. The van der Waals surface area contributed by atoms with Crippen LogP contribution in [0.4, 0.5) is 4.39 Å². The Morgan fingerprint density at radius 3 is 2.63 bits per heavy atom. The predicted octanol–water partition coefficient (Wildman–Crippen LogP) is 4.31. The highest BCUT2D eigenvalue weighted by Gasteiger charge is 2.16. The molecule has 3 rings (SSSR count). The Kier molecular flexibility index (Phi) is 3.01. The number of fused-ring (bicyclic) bond motifs is 1. The van der Waals surface area contributed by atoms with Gasteiger partial charge in [-0.15, -0.1) is 0 Å². The molecule has 1 N–H and O–H groups in total. The second kappa shape index (κ2) is 4.68. The number of para-hydroxylation sites is 1. The van der Waals surface area contributed by atoms with Gasteiger partial charge in [0.1, 0.15) is 23.3 Å². The Bertz CT molecular complexity index is 703. The van der Waals surface area contributed by atoms with Gasteiger partial charge in [-0.2, -0.15) is 0 Å². The van der Waals surface area contributed by atoms with Crippen LogP contribution in [-0.2, 0) is 0 Å². The molecule has 0 saturated carbocycles. The Hall–Kier alpha value is -1.84. The maximum absolute atomic E-state index is 13.1. The highest BCUT2D eigenvalue weighted by molar-refractivity contribution is 6.30. The molecule has 1 unspecified atom stereocenters. The molecule has 0 spiro atoms. The Balaban J connectivity index is 2.02. The number of aliphatic hydroxyl groups is 1. The zero-order valence-corrected chi connectivity index (χ0v) is 10.6. The van der Waals surface area contributed by atoms with Crippen molar-refractivity contribution in [3.05, 3.63) is 70.7 Å². The van der Waals surface area contributed by atoms with Crippen molar-refractivity contribution in [3.8, 4) is 0 Å². The maximum atomic E-state index is 13.1. The zero-order chi connectivity index (χ0) is 13.4. The van der Waals surface area contributed by atoms with Crippen molar-refractivity contribution in [1.82, 2.24) is 0 Å². The van der Waals surface area contributed by atoms with Crippen molar-refractivity contribution in [3.63, 3.8) is 0 Å². The summed E-state index contributed by atoms with van der Waals surface area (Å²) in [4.78, 5) is 0. The molecule has 1 aromatic heterocycles. The molecule has 3 aromatic rings. The average molecular weight is 277 g/mol. The van der Waals surface area contributed by atoms with Gasteiger partial charge in [0.25, 0.3) is 0 Å². The topological polar surface area (TPSA) is 33.4 Å². The zero-order valence-electron chi connectivity index (χ0n) is 9.81. The maximum Gasteiger partial charge on any atom is 0.141 e. The quantitative estimate of drug-likeness (QED) is 0.757. The standard InChI is InChI=1S/C15H10ClFO2/c16-11-7-10(5-6-12(11)17)15(18)14-8-9-3-1-2-4-13(9)19-14/h1-8,15,18H. The monoisotopic (exact) mass is 276 g/mol. The Morgan fingerprint density at radius 2 is 1.89 bits per heavy atom. The van der Waals surface area contributed by atoms with Crippen molar-refractivity contribution >= 4 is 22.6 Å². The molecule has 0 aliphatic carbocycles. The minimum Gasteiger partial charge on any atom is -0.458 e. The van der Waals surface area contributed by atoms with Gasteiger partial charge in [-0.05, 0) is 29.8 Å². The van der Waals surface area contributed by atoms with E-state index in [0.29, 0.717) is 16.9 Å². The summed E-state index contributed by atoms with van der Waals surface area (Å²) in [5.74, 6) is -0.105. The second-order valence-electron chi connectivity index (χ2n) is 4.26. The minimum absolute atomic E-state index is 0.0207. The molecule has 2 aromatic carbocycles. The molecule has 1 heterocycles. The van der Waals surface area contributed by atoms with Gasteiger partial charge < -0.3 is 9.52 Å². The Labute approximate surface area is 114 Å². The molecule has 2 nitrogen and oxygen atoms in total. The normalized spacial score (nSPS) is 12.8. The van der Waals surface area contributed by atoms with Crippen LogP contribution >= 0.6 is 11.6 Å². The number of halogens is 2. The molecule has 0 aliphatic heterocycles. The van der Waals surface area contributed by atoms with Crippen molar-refractivity contribution in [1.29, 1.82) is 0 Å². The first kappa shape index (κ1) is 12.2. The van der Waals surface area contributed by atoms with Gasteiger partial charge in [0.2, 0.25) is 0 Å². The number of hydrogen-bond donors (Lipinski definition) is 1. The molecule has 0 amide bonds. The van der Waals surface area contributed by atoms with Crippen molar-refractivity contribution in [2.75, 3.05) is 0 Å². The van der Waals surface area contributed by atoms with Crippen LogP contribution in [0, 0.1) is 5.82 Å². The number of benzene rings is 2. The molecule has 0 saturated heterocycles. The van der Waals surface area contributed by atoms with Crippen LogP contribution < -0.4 is 0 Å². The number of rotatable bonds is 2. The third-order valence-corrected chi connectivity index (χ3v) is 3.26. The van der Waals surface area contributed by atoms with Crippen molar-refractivity contribution < 1.29 is 13.9 Å². The first-order chi connectivity index (χ1) is 9.15. The van der Waals surface area contributed by atoms with E-state index in [1.54, 1.807) is 6.07 Å². The number of hydrogen-bond acceptors (Lipinski definition) is 2. The van der Waals surface area contributed by atoms with Gasteiger partial charge >= 0.3 is 0 Å². The third kappa shape index (κ3) is 2.23. The smallest absolute Gasteiger partial charge is 0.141 e. The second-order valence-corrected chi connectivity index (χ2v) is 4.67. The van der Waals surface area contributed by atoms with E-state index < -0.39 is 11.9 Å². The lowest BCUT2D eigenvalue weighted by molar-refractivity contribution is 0.192. The van der Waals surface area contributed by atoms with Crippen LogP contribution in [0.25, 0.3) is 11.0 Å². The summed E-state index contributed by atoms with van der Waals surface area (Å²) in [6.45, 7) is 0. The fraction of sp³-hybridized carbons (Fsp3) is 0.0667. The summed E-state index contributed by atoms with van der Waals surface area (Å²) < 4.78 is 18.7. The van der Waals surface area contributed by atoms with E-state index in [2.05, 4.69) is 0 Å². The molecule has 96 valence electrons. The van der Waals surface area contributed by atoms with Crippen LogP contribution in [0.2, 0.25) is 5.02 Å². The average Bonchev–Trinajstić information content (AvgIpc) is 2.85. The molecule has 0 fully saturated rings. The lowest BCUT2D eigenvalue weighted by atomic mass is 10.1. The van der Waals surface area contributed by atoms with E-state index >= 15 is 0 Å². The van der Waals surface area contributed by atoms with Crippen LogP contribution in [0.15, 0.2) is 52.9 Å². The molecule has 1 atom stereocenters. The SMILES string of the molecule is OC(c1ccc(F)c(Cl)c1)c1cc2ccccc2o1. The molecule has 0 aliphatic rings. The van der Waals surface area contributed by atoms with Gasteiger partial charge in [-0.25, -0.2) is 4.39 Å². The highest BCUT2D eigenvalue weighted by atomic mass is 35.5. The van der Waals surface area contributed by atoms with Crippen LogP contribution in [-0.4, -0.2) is 5.11 Å². The van der Waals surface area contributed by atoms with Crippen molar-refractivity contribution in [2.45, 2.75) is 6.10 Å². The van der Waals surface area contributed by atoms with Gasteiger partial charge in [0.15, 0.2) is 0 Å². The van der Waals surface area contributed by atoms with Gasteiger partial charge in [0, 0.05) is 5.39 Å². The minimum atomic E-state index is -0.967. The summed E-state index contributed by atoms with van der Waals surface area (Å²) in [5, 5.41) is 11.1. The largest absolute Gasteiger partial charge is 0.458 e. The Morgan fingerprint density at radius 1 is 1.11 bits per heavy atom. The third-order valence-electron chi connectivity index (χ3n) is 2.97. The lowest BCUT2D eigenvalue weighted by Crippen LogP contribution is -1.98. The molecule has 19 heavy (non-hydrogen) atoms. The van der Waals surface area contributed by atoms with E-state index in [4.69, 9.17) is 16.0 Å². The molecule has 0 bridgehead atoms. The summed E-state index contributed by atoms with van der Waals surface area (Å²) in [6.07, 6.45) is -0.967. The first-order valence-electron chi connectivity index (χ1n) is 5.76. The molecule has 4 heteroatoms. The summed E-state index contributed by atoms with van der Waals surface area (Å²) in [6, 6.07) is 13.3. The van der Waals surface area contributed by atoms with E-state index in [0.717, 1.165) is 5.39 Å². The fourth-order valence-electron chi connectivity index (χ4n) is 1.98. The van der Waals surface area contributed by atoms with E-state index in [9.17, 15) is 9.50 Å². The molecular formula is C15H10ClFO2. The number of furan rings is 1. The van der Waals surface area contributed by atoms with Gasteiger partial charge in [-0.3, -0.25) is 0 Å². The first-order valence-corrected chi connectivity index (χ1v) is 6.14. The number of aliphatic hydroxyl groups excluding tert-OH is 1. The van der Waals surface area contributed by atoms with E-state index in [1.807, 2.05) is 24.3 Å². The van der Waals surface area contributed by atoms with E-state index in [1.165, 1.54) is 18.2 Å². The summed E-state index contributed by atoms with van der Waals surface area (Å²) in [5.41, 5.74) is 1.19. The van der Waals surface area contributed by atoms with E-state index in [-0.39, 0.29) is 5.02 Å². The van der Waals surface area contributed by atoms with Gasteiger partial charge in [-0.1, -0.05) is 35.9 Å². The lowest BCUT2D eigenvalue weighted by Gasteiger charge is -2.08. The highest BCUT2D eigenvalue weighted by Crippen LogP contribution is 2.29. The van der Waals surface area contributed by atoms with Crippen LogP contribution in [0.1, 0.15) is 17.4 Å². The fourth-order valence-corrected chi connectivity index (χ4v) is 2.17.